The van der Waals surface area contributed by atoms with E-state index in [1.165, 1.54) is 22.5 Å². The van der Waals surface area contributed by atoms with Gasteiger partial charge in [-0.15, -0.1) is 0 Å². The molecule has 0 amide bonds. The number of aliphatic hydroxyl groups is 1. The summed E-state index contributed by atoms with van der Waals surface area (Å²) < 4.78 is 42.9. The van der Waals surface area contributed by atoms with Crippen LogP contribution in [-0.2, 0) is 10.0 Å². The number of aliphatic hydroxyl groups excluding tert-OH is 1. The van der Waals surface area contributed by atoms with Gasteiger partial charge in [-0.3, -0.25) is 0 Å². The van der Waals surface area contributed by atoms with Crippen molar-refractivity contribution in [2.45, 2.75) is 23.4 Å². The summed E-state index contributed by atoms with van der Waals surface area (Å²) in [6.07, 6.45) is 0.553. The van der Waals surface area contributed by atoms with Crippen LogP contribution in [-0.4, -0.2) is 37.0 Å². The molecule has 3 aromatic rings. The summed E-state index contributed by atoms with van der Waals surface area (Å²) in [5.41, 5.74) is 3.89. The third-order valence-electron chi connectivity index (χ3n) is 6.59. The first-order chi connectivity index (χ1) is 15.9. The summed E-state index contributed by atoms with van der Waals surface area (Å²) in [5, 5.41) is 22.4. The number of anilines is 1. The number of rotatable bonds is 4. The zero-order chi connectivity index (χ0) is 23.2. The maximum Gasteiger partial charge on any atom is 0.246 e. The fourth-order valence-electron chi connectivity index (χ4n) is 4.99. The Bertz CT molecular complexity index is 1350. The molecule has 2 heterocycles. The SMILES string of the molecule is N#Cc1ccc(-c2ccc3c(c2)[C@H]2[C@H](CCN2S(=O)(=O)c2ccccc2F)[C@@H](CO)N3)cc1. The van der Waals surface area contributed by atoms with Crippen LogP contribution in [0.25, 0.3) is 11.1 Å². The molecule has 3 aromatic carbocycles. The molecule has 0 radical (unpaired) electrons. The number of hydrogen-bond acceptors (Lipinski definition) is 5. The van der Waals surface area contributed by atoms with E-state index in [9.17, 15) is 17.9 Å². The smallest absolute Gasteiger partial charge is 0.246 e. The predicted molar refractivity (Wildman–Crippen MR) is 122 cm³/mol. The minimum absolute atomic E-state index is 0.133. The van der Waals surface area contributed by atoms with Gasteiger partial charge in [0.1, 0.15) is 10.7 Å². The highest BCUT2D eigenvalue weighted by atomic mass is 32.2. The van der Waals surface area contributed by atoms with Crippen LogP contribution in [0.4, 0.5) is 10.1 Å². The van der Waals surface area contributed by atoms with Gasteiger partial charge in [0.2, 0.25) is 10.0 Å². The van der Waals surface area contributed by atoms with Crippen LogP contribution < -0.4 is 5.32 Å². The van der Waals surface area contributed by atoms with Gasteiger partial charge in [0.15, 0.2) is 0 Å². The van der Waals surface area contributed by atoms with E-state index in [1.807, 2.05) is 30.3 Å². The predicted octanol–water partition coefficient (Wildman–Crippen LogP) is 3.90. The van der Waals surface area contributed by atoms with Gasteiger partial charge in [0, 0.05) is 18.2 Å². The van der Waals surface area contributed by atoms with Crippen LogP contribution in [0.1, 0.15) is 23.6 Å². The lowest BCUT2D eigenvalue weighted by Gasteiger charge is -2.39. The zero-order valence-corrected chi connectivity index (χ0v) is 18.5. The second-order valence-electron chi connectivity index (χ2n) is 8.37. The molecule has 2 N–H and O–H groups in total. The van der Waals surface area contributed by atoms with E-state index in [1.54, 1.807) is 12.1 Å². The lowest BCUT2D eigenvalue weighted by Crippen LogP contribution is -2.43. The summed E-state index contributed by atoms with van der Waals surface area (Å²) in [4.78, 5) is -0.338. The zero-order valence-electron chi connectivity index (χ0n) is 17.6. The Labute approximate surface area is 192 Å². The summed E-state index contributed by atoms with van der Waals surface area (Å²) in [6, 6.07) is 19.6. The van der Waals surface area contributed by atoms with Crippen molar-refractivity contribution in [2.75, 3.05) is 18.5 Å². The molecule has 1 saturated heterocycles. The van der Waals surface area contributed by atoms with Crippen molar-refractivity contribution in [3.05, 3.63) is 83.7 Å². The number of benzene rings is 3. The molecular weight excluding hydrogens is 441 g/mol. The highest BCUT2D eigenvalue weighted by Crippen LogP contribution is 2.49. The number of sulfonamides is 1. The molecule has 2 aliphatic heterocycles. The number of nitrogens with zero attached hydrogens (tertiary/aromatic N) is 2. The van der Waals surface area contributed by atoms with Gasteiger partial charge in [-0.25, -0.2) is 12.8 Å². The molecule has 6 nitrogen and oxygen atoms in total. The van der Waals surface area contributed by atoms with E-state index < -0.39 is 21.9 Å². The lowest BCUT2D eigenvalue weighted by atomic mass is 9.82. The van der Waals surface area contributed by atoms with E-state index in [2.05, 4.69) is 11.4 Å². The maximum atomic E-state index is 14.5. The number of nitriles is 1. The number of halogens is 1. The summed E-state index contributed by atoms with van der Waals surface area (Å²) in [6.45, 7) is 0.107. The van der Waals surface area contributed by atoms with Gasteiger partial charge in [0.05, 0.1) is 30.3 Å². The Morgan fingerprint density at radius 3 is 2.52 bits per heavy atom. The number of fused-ring (bicyclic) bond motifs is 3. The standard InChI is InChI=1S/C25H22FN3O3S/c26-21-3-1-2-4-24(21)33(31,32)29-12-11-19-23(15-30)28-22-10-9-18(13-20(22)25(19)29)17-7-5-16(14-27)6-8-17/h1-10,13,19,23,25,28,30H,11-12,15H2/t19-,23-,25-/m1/s1. The molecule has 8 heteroatoms. The molecule has 3 atom stereocenters. The Kier molecular flexibility index (Phi) is 5.41. The van der Waals surface area contributed by atoms with Gasteiger partial charge in [0.25, 0.3) is 0 Å². The fraction of sp³-hybridized carbons (Fsp3) is 0.240. The average molecular weight is 464 g/mol. The molecule has 168 valence electrons. The van der Waals surface area contributed by atoms with Gasteiger partial charge in [-0.05, 0) is 59.5 Å². The second-order valence-corrected chi connectivity index (χ2v) is 10.2. The van der Waals surface area contributed by atoms with Crippen molar-refractivity contribution in [1.29, 1.82) is 5.26 Å². The van der Waals surface area contributed by atoms with Crippen molar-refractivity contribution in [2.24, 2.45) is 5.92 Å². The second kappa shape index (κ2) is 8.27. The molecule has 0 aromatic heterocycles. The average Bonchev–Trinajstić information content (AvgIpc) is 3.30. The molecule has 0 bridgehead atoms. The van der Waals surface area contributed by atoms with E-state index in [0.29, 0.717) is 12.0 Å². The van der Waals surface area contributed by atoms with Crippen molar-refractivity contribution in [3.63, 3.8) is 0 Å². The Morgan fingerprint density at radius 1 is 1.09 bits per heavy atom. The molecular formula is C25H22FN3O3S. The fourth-order valence-corrected chi connectivity index (χ4v) is 6.72. The highest BCUT2D eigenvalue weighted by Gasteiger charge is 2.49. The van der Waals surface area contributed by atoms with Crippen LogP contribution >= 0.6 is 0 Å². The molecule has 0 saturated carbocycles. The van der Waals surface area contributed by atoms with E-state index in [0.717, 1.165) is 28.4 Å². The van der Waals surface area contributed by atoms with E-state index in [-0.39, 0.29) is 30.0 Å². The monoisotopic (exact) mass is 463 g/mol. The van der Waals surface area contributed by atoms with Crippen LogP contribution in [0.3, 0.4) is 0 Å². The first-order valence-corrected chi connectivity index (χ1v) is 12.2. The number of hydrogen-bond donors (Lipinski definition) is 2. The quantitative estimate of drug-likeness (QED) is 0.612. The molecule has 33 heavy (non-hydrogen) atoms. The number of nitrogens with one attached hydrogen (secondary N) is 1. The van der Waals surface area contributed by atoms with Crippen molar-refractivity contribution >= 4 is 15.7 Å². The minimum Gasteiger partial charge on any atom is -0.394 e. The molecule has 0 spiro atoms. The summed E-state index contributed by atoms with van der Waals surface area (Å²) in [7, 11) is -4.09. The first-order valence-electron chi connectivity index (χ1n) is 10.7. The normalized spacial score (nSPS) is 22.2. The van der Waals surface area contributed by atoms with Crippen molar-refractivity contribution < 1.29 is 17.9 Å². The molecule has 0 unspecified atom stereocenters. The van der Waals surface area contributed by atoms with Crippen LogP contribution in [0.15, 0.2) is 71.6 Å². The Hall–Kier alpha value is -3.25. The third kappa shape index (κ3) is 3.59. The van der Waals surface area contributed by atoms with Crippen molar-refractivity contribution in [1.82, 2.24) is 4.31 Å². The first kappa shape index (κ1) is 21.6. The molecule has 2 aliphatic rings. The van der Waals surface area contributed by atoms with E-state index in [4.69, 9.17) is 5.26 Å². The Morgan fingerprint density at radius 2 is 1.82 bits per heavy atom. The summed E-state index contributed by atoms with van der Waals surface area (Å²) >= 11 is 0. The van der Waals surface area contributed by atoms with Crippen LogP contribution in [0, 0.1) is 23.1 Å². The van der Waals surface area contributed by atoms with Gasteiger partial charge >= 0.3 is 0 Å². The van der Waals surface area contributed by atoms with Gasteiger partial charge in [-0.2, -0.15) is 9.57 Å². The summed E-state index contributed by atoms with van der Waals surface area (Å²) in [5.74, 6) is -0.930. The van der Waals surface area contributed by atoms with E-state index >= 15 is 0 Å². The Balaban J connectivity index is 1.61. The molecule has 1 fully saturated rings. The molecule has 0 aliphatic carbocycles. The van der Waals surface area contributed by atoms with Crippen LogP contribution in [0.5, 0.6) is 0 Å². The van der Waals surface area contributed by atoms with Crippen molar-refractivity contribution in [3.8, 4) is 17.2 Å². The van der Waals surface area contributed by atoms with Gasteiger partial charge < -0.3 is 10.4 Å². The third-order valence-corrected chi connectivity index (χ3v) is 8.51. The maximum absolute atomic E-state index is 14.5. The minimum atomic E-state index is -4.09. The van der Waals surface area contributed by atoms with Crippen LogP contribution in [0.2, 0.25) is 0 Å². The van der Waals surface area contributed by atoms with Gasteiger partial charge in [-0.1, -0.05) is 30.3 Å². The molecule has 5 rings (SSSR count). The topological polar surface area (TPSA) is 93.4 Å². The largest absolute Gasteiger partial charge is 0.394 e. The lowest BCUT2D eigenvalue weighted by molar-refractivity contribution is 0.210. The highest BCUT2D eigenvalue weighted by molar-refractivity contribution is 7.89.